The second kappa shape index (κ2) is 11.4. The maximum absolute atomic E-state index is 13.9. The van der Waals surface area contributed by atoms with Crippen LogP contribution < -0.4 is 5.43 Å². The van der Waals surface area contributed by atoms with Gasteiger partial charge in [0.25, 0.3) is 5.91 Å². The van der Waals surface area contributed by atoms with Gasteiger partial charge in [0.2, 0.25) is 0 Å². The standard InChI is InChI=1S/C28H27BrFN5OS/c1-18-5-12-23(13-6-18)35-26(19-7-9-21(10-8-19)28(2,3)4)33-34-27(35)37-17-25(36)32-31-16-20-15-22(29)11-14-24(20)30/h5-16H,17H2,1-4H3,(H,32,36). The molecule has 190 valence electrons. The molecule has 0 unspecified atom stereocenters. The molecule has 1 aromatic heterocycles. The van der Waals surface area contributed by atoms with E-state index in [0.29, 0.717) is 11.0 Å². The first-order valence-electron chi connectivity index (χ1n) is 11.6. The molecular formula is C28H27BrFN5OS. The van der Waals surface area contributed by atoms with Crippen LogP contribution in [0.4, 0.5) is 4.39 Å². The maximum Gasteiger partial charge on any atom is 0.250 e. The van der Waals surface area contributed by atoms with Gasteiger partial charge >= 0.3 is 0 Å². The number of amides is 1. The van der Waals surface area contributed by atoms with Crippen LogP contribution >= 0.6 is 27.7 Å². The summed E-state index contributed by atoms with van der Waals surface area (Å²) in [5, 5.41) is 13.3. The SMILES string of the molecule is Cc1ccc(-n2c(SCC(=O)NN=Cc3cc(Br)ccc3F)nnc2-c2ccc(C(C)(C)C)cc2)cc1. The van der Waals surface area contributed by atoms with Crippen molar-refractivity contribution in [3.8, 4) is 17.1 Å². The average molecular weight is 581 g/mol. The normalized spacial score (nSPS) is 11.7. The van der Waals surface area contributed by atoms with E-state index in [0.717, 1.165) is 21.3 Å². The number of halogens is 2. The first-order chi connectivity index (χ1) is 17.6. The molecular weight excluding hydrogens is 553 g/mol. The zero-order valence-electron chi connectivity index (χ0n) is 21.0. The van der Waals surface area contributed by atoms with E-state index in [9.17, 15) is 9.18 Å². The number of benzene rings is 3. The second-order valence-corrected chi connectivity index (χ2v) is 11.4. The Bertz CT molecular complexity index is 1430. The molecule has 0 spiro atoms. The molecule has 0 bridgehead atoms. The van der Waals surface area contributed by atoms with Crippen molar-refractivity contribution in [2.75, 3.05) is 5.75 Å². The molecule has 0 saturated carbocycles. The highest BCUT2D eigenvalue weighted by Gasteiger charge is 2.19. The lowest BCUT2D eigenvalue weighted by molar-refractivity contribution is -0.118. The summed E-state index contributed by atoms with van der Waals surface area (Å²) in [6.45, 7) is 8.56. The monoisotopic (exact) mass is 579 g/mol. The Morgan fingerprint density at radius 1 is 1.08 bits per heavy atom. The van der Waals surface area contributed by atoms with Gasteiger partial charge in [-0.25, -0.2) is 9.82 Å². The van der Waals surface area contributed by atoms with Gasteiger partial charge in [-0.3, -0.25) is 9.36 Å². The van der Waals surface area contributed by atoms with E-state index >= 15 is 0 Å². The Kier molecular flexibility index (Phi) is 8.24. The zero-order chi connectivity index (χ0) is 26.6. The number of nitrogens with zero attached hydrogens (tertiary/aromatic N) is 4. The summed E-state index contributed by atoms with van der Waals surface area (Å²) >= 11 is 4.55. The van der Waals surface area contributed by atoms with Crippen LogP contribution in [-0.4, -0.2) is 32.6 Å². The molecule has 4 aromatic rings. The molecule has 0 aliphatic rings. The summed E-state index contributed by atoms with van der Waals surface area (Å²) in [5.41, 5.74) is 6.95. The van der Waals surface area contributed by atoms with Crippen molar-refractivity contribution in [1.29, 1.82) is 0 Å². The van der Waals surface area contributed by atoms with Gasteiger partial charge in [-0.1, -0.05) is 90.4 Å². The minimum Gasteiger partial charge on any atom is -0.272 e. The van der Waals surface area contributed by atoms with Gasteiger partial charge in [-0.05, 0) is 48.2 Å². The first-order valence-corrected chi connectivity index (χ1v) is 13.4. The number of carbonyl (C=O) groups excluding carboxylic acids is 1. The molecule has 37 heavy (non-hydrogen) atoms. The van der Waals surface area contributed by atoms with Gasteiger partial charge in [0.05, 0.1) is 12.0 Å². The van der Waals surface area contributed by atoms with E-state index in [4.69, 9.17) is 0 Å². The summed E-state index contributed by atoms with van der Waals surface area (Å²) in [6, 6.07) is 20.9. The maximum atomic E-state index is 13.9. The highest BCUT2D eigenvalue weighted by Crippen LogP contribution is 2.30. The van der Waals surface area contributed by atoms with Gasteiger partial charge in [0.1, 0.15) is 5.82 Å². The Morgan fingerprint density at radius 2 is 1.78 bits per heavy atom. The van der Waals surface area contributed by atoms with E-state index in [1.165, 1.54) is 29.6 Å². The fourth-order valence-corrected chi connectivity index (χ4v) is 4.67. The highest BCUT2D eigenvalue weighted by atomic mass is 79.9. The van der Waals surface area contributed by atoms with Crippen molar-refractivity contribution >= 4 is 39.8 Å². The van der Waals surface area contributed by atoms with Gasteiger partial charge in [0, 0.05) is 21.3 Å². The number of hydrogen-bond acceptors (Lipinski definition) is 5. The predicted octanol–water partition coefficient (Wildman–Crippen LogP) is 6.68. The highest BCUT2D eigenvalue weighted by molar-refractivity contribution is 9.10. The van der Waals surface area contributed by atoms with Crippen molar-refractivity contribution in [3.63, 3.8) is 0 Å². The molecule has 9 heteroatoms. The molecule has 0 radical (unpaired) electrons. The number of aromatic nitrogens is 3. The van der Waals surface area contributed by atoms with Crippen LogP contribution in [0.3, 0.4) is 0 Å². The van der Waals surface area contributed by atoms with Crippen LogP contribution in [0.1, 0.15) is 37.5 Å². The van der Waals surface area contributed by atoms with E-state index in [1.54, 1.807) is 12.1 Å². The molecule has 0 atom stereocenters. The quantitative estimate of drug-likeness (QED) is 0.150. The summed E-state index contributed by atoms with van der Waals surface area (Å²) in [6.07, 6.45) is 1.27. The van der Waals surface area contributed by atoms with Crippen LogP contribution in [0.15, 0.2) is 81.5 Å². The molecule has 0 aliphatic carbocycles. The second-order valence-electron chi connectivity index (χ2n) is 9.55. The van der Waals surface area contributed by atoms with Crippen molar-refractivity contribution in [1.82, 2.24) is 20.2 Å². The fraction of sp³-hybridized carbons (Fsp3) is 0.214. The van der Waals surface area contributed by atoms with Gasteiger partial charge in [0.15, 0.2) is 11.0 Å². The van der Waals surface area contributed by atoms with Crippen molar-refractivity contribution < 1.29 is 9.18 Å². The number of carbonyl (C=O) groups is 1. The molecule has 1 N–H and O–H groups in total. The third-order valence-corrected chi connectivity index (χ3v) is 7.04. The van der Waals surface area contributed by atoms with Crippen LogP contribution in [0.5, 0.6) is 0 Å². The molecule has 1 amide bonds. The Morgan fingerprint density at radius 3 is 2.46 bits per heavy atom. The third kappa shape index (κ3) is 6.72. The summed E-state index contributed by atoms with van der Waals surface area (Å²) in [4.78, 5) is 12.5. The number of hydrazone groups is 1. The smallest absolute Gasteiger partial charge is 0.250 e. The summed E-state index contributed by atoms with van der Waals surface area (Å²) in [7, 11) is 0. The largest absolute Gasteiger partial charge is 0.272 e. The third-order valence-electron chi connectivity index (χ3n) is 5.62. The zero-order valence-corrected chi connectivity index (χ0v) is 23.4. The lowest BCUT2D eigenvalue weighted by Crippen LogP contribution is -2.20. The number of rotatable bonds is 7. The predicted molar refractivity (Wildman–Crippen MR) is 151 cm³/mol. The van der Waals surface area contributed by atoms with Crippen LogP contribution in [0.2, 0.25) is 0 Å². The van der Waals surface area contributed by atoms with Gasteiger partial charge < -0.3 is 0 Å². The minimum absolute atomic E-state index is 0.0444. The van der Waals surface area contributed by atoms with Gasteiger partial charge in [-0.15, -0.1) is 10.2 Å². The van der Waals surface area contributed by atoms with E-state index in [2.05, 4.69) is 69.6 Å². The topological polar surface area (TPSA) is 72.2 Å². The summed E-state index contributed by atoms with van der Waals surface area (Å²) in [5.74, 6) is -0.0166. The number of aryl methyl sites for hydroxylation is 1. The van der Waals surface area contributed by atoms with Gasteiger partial charge in [-0.2, -0.15) is 5.10 Å². The van der Waals surface area contributed by atoms with E-state index in [-0.39, 0.29) is 22.6 Å². The van der Waals surface area contributed by atoms with E-state index < -0.39 is 5.82 Å². The number of nitrogens with one attached hydrogen (secondary N) is 1. The molecule has 0 saturated heterocycles. The Balaban J connectivity index is 1.54. The molecule has 0 aliphatic heterocycles. The molecule has 0 fully saturated rings. The van der Waals surface area contributed by atoms with Crippen molar-refractivity contribution in [3.05, 3.63) is 93.7 Å². The summed E-state index contributed by atoms with van der Waals surface area (Å²) < 4.78 is 16.5. The van der Waals surface area contributed by atoms with Crippen molar-refractivity contribution in [2.45, 2.75) is 38.3 Å². The van der Waals surface area contributed by atoms with Crippen LogP contribution in [0, 0.1) is 12.7 Å². The first kappa shape index (κ1) is 26.8. The lowest BCUT2D eigenvalue weighted by atomic mass is 9.87. The molecule has 1 heterocycles. The molecule has 4 rings (SSSR count). The number of hydrogen-bond donors (Lipinski definition) is 1. The van der Waals surface area contributed by atoms with Crippen LogP contribution in [-0.2, 0) is 10.2 Å². The Hall–Kier alpha value is -3.30. The number of thioether (sulfide) groups is 1. The molecule has 6 nitrogen and oxygen atoms in total. The van der Waals surface area contributed by atoms with Crippen molar-refractivity contribution in [2.24, 2.45) is 5.10 Å². The molecule has 3 aromatic carbocycles. The minimum atomic E-state index is -0.426. The van der Waals surface area contributed by atoms with E-state index in [1.807, 2.05) is 47.9 Å². The lowest BCUT2D eigenvalue weighted by Gasteiger charge is -2.19. The Labute approximate surface area is 228 Å². The van der Waals surface area contributed by atoms with Crippen LogP contribution in [0.25, 0.3) is 17.1 Å². The average Bonchev–Trinajstić information content (AvgIpc) is 3.29. The fourth-order valence-electron chi connectivity index (χ4n) is 3.55.